The van der Waals surface area contributed by atoms with Crippen LogP contribution in [-0.4, -0.2) is 115 Å². The van der Waals surface area contributed by atoms with Gasteiger partial charge < -0.3 is 51.7 Å². The Morgan fingerprint density at radius 3 is 0.873 bits per heavy atom. The van der Waals surface area contributed by atoms with E-state index in [1.54, 1.807) is 7.11 Å². The van der Waals surface area contributed by atoms with Crippen molar-refractivity contribution in [1.82, 2.24) is 21.3 Å². The highest BCUT2D eigenvalue weighted by atomic mass is 16.5. The standard InChI is InChI=1S/C14H29N3O2.C14H28N2O2.C12H25N3O2.C12H24N2O2.CH4/c1-12(2)11-13(18)16-9-7-5-4-6-8-10-17-14(15)19-3;1-12(2)11-14(17)16-10-8-6-4-5-7-9-13(15)18-3;1-10(2)9-11(16)14-7-5-4-6-8-15-12(13)17-3;1-10(2)9-12(15)14-8-6-4-5-7-11(13)16-3;/h12H,4-11H2,1-3H3,(H2,15,17)(H,16,18);12,15H,4-11H2,1-3H3,(H,16,17);10H,4-9H2,1-3H3,(H2,13,15)(H,14,16);10,13H,4-9H2,1-3H3,(H,14,15);1H4. The Hall–Kier alpha value is -4.64. The number of hydrogen-bond donors (Lipinski definition) is 8. The van der Waals surface area contributed by atoms with Crippen LogP contribution in [0.5, 0.6) is 0 Å². The van der Waals surface area contributed by atoms with Gasteiger partial charge in [0.1, 0.15) is 0 Å². The topological polar surface area (TPSA) is 278 Å². The minimum Gasteiger partial charge on any atom is -0.484 e. The molecule has 0 unspecified atom stereocenters. The molecule has 0 saturated heterocycles. The Balaban J connectivity index is -0.000000272. The molecule has 0 aliphatic heterocycles. The maximum Gasteiger partial charge on any atom is 0.281 e. The minimum atomic E-state index is 0. The molecule has 0 aromatic rings. The van der Waals surface area contributed by atoms with Gasteiger partial charge in [0.05, 0.1) is 28.4 Å². The maximum absolute atomic E-state index is 11.4. The van der Waals surface area contributed by atoms with Crippen molar-refractivity contribution in [2.24, 2.45) is 45.1 Å². The number of carbonyl (C=O) groups is 4. The number of hydrogen-bond acceptors (Lipinski definition) is 12. The number of ether oxygens (including phenoxy) is 4. The van der Waals surface area contributed by atoms with E-state index in [2.05, 4.69) is 58.9 Å². The molecular formula is C53H110N10O8. The number of methoxy groups -OCH3 is 4. The van der Waals surface area contributed by atoms with Crippen molar-refractivity contribution >= 4 is 47.5 Å². The smallest absolute Gasteiger partial charge is 0.281 e. The lowest BCUT2D eigenvalue weighted by molar-refractivity contribution is -0.122. The molecule has 0 aromatic carbocycles. The Morgan fingerprint density at radius 1 is 0.394 bits per heavy atom. The van der Waals surface area contributed by atoms with E-state index in [9.17, 15) is 19.2 Å². The minimum absolute atomic E-state index is 0. The van der Waals surface area contributed by atoms with Gasteiger partial charge in [-0.3, -0.25) is 30.0 Å². The number of nitrogens with one attached hydrogen (secondary N) is 6. The second kappa shape index (κ2) is 56.3. The summed E-state index contributed by atoms with van der Waals surface area (Å²) in [4.78, 5) is 53.3. The fourth-order valence-electron chi connectivity index (χ4n) is 6.10. The van der Waals surface area contributed by atoms with Gasteiger partial charge in [-0.1, -0.05) is 108 Å². The SMILES string of the molecule is C.COC(=N)CCCCCCCNC(=O)CC(C)C.COC(=N)CCCCCNC(=O)CC(C)C.COC(N)=NCCCCCCCNC(=O)CC(C)C.COC(N)=NCCCCCNC(=O)CC(C)C. The van der Waals surface area contributed by atoms with E-state index in [0.29, 0.717) is 74.1 Å². The Labute approximate surface area is 433 Å². The van der Waals surface area contributed by atoms with E-state index >= 15 is 0 Å². The van der Waals surface area contributed by atoms with E-state index in [0.717, 1.165) is 135 Å². The second-order valence-electron chi connectivity index (χ2n) is 19.1. The van der Waals surface area contributed by atoms with Crippen LogP contribution in [0, 0.1) is 34.5 Å². The molecule has 0 aliphatic rings. The highest BCUT2D eigenvalue weighted by Gasteiger charge is 2.06. The highest BCUT2D eigenvalue weighted by Crippen LogP contribution is 2.07. The van der Waals surface area contributed by atoms with E-state index in [1.807, 2.05) is 27.7 Å². The first kappa shape index (κ1) is 75.3. The fraction of sp³-hybridized carbons (Fsp3) is 0.849. The van der Waals surface area contributed by atoms with Crippen molar-refractivity contribution in [2.45, 2.75) is 204 Å². The molecule has 0 atom stereocenters. The fourth-order valence-corrected chi connectivity index (χ4v) is 6.10. The van der Waals surface area contributed by atoms with Gasteiger partial charge in [-0.05, 0) is 81.5 Å². The molecule has 0 radical (unpaired) electrons. The molecular weight excluding hydrogens is 905 g/mol. The molecule has 71 heavy (non-hydrogen) atoms. The Bertz CT molecular complexity index is 1360. The number of aliphatic imine (C=N–C) groups is 2. The number of carbonyl (C=O) groups excluding carboxylic acids is 4. The van der Waals surface area contributed by atoms with Crippen LogP contribution in [0.25, 0.3) is 0 Å². The Kier molecular flexibility index (Phi) is 59.7. The first-order valence-corrected chi connectivity index (χ1v) is 26.2. The summed E-state index contributed by atoms with van der Waals surface area (Å²) >= 11 is 0. The van der Waals surface area contributed by atoms with E-state index in [-0.39, 0.29) is 43.1 Å². The lowest BCUT2D eigenvalue weighted by Crippen LogP contribution is -2.25. The molecule has 0 rings (SSSR count). The highest BCUT2D eigenvalue weighted by molar-refractivity contribution is 5.77. The molecule has 18 nitrogen and oxygen atoms in total. The van der Waals surface area contributed by atoms with Crippen LogP contribution >= 0.6 is 0 Å². The van der Waals surface area contributed by atoms with Crippen LogP contribution in [-0.2, 0) is 38.1 Å². The van der Waals surface area contributed by atoms with Crippen LogP contribution in [0.1, 0.15) is 204 Å². The van der Waals surface area contributed by atoms with Gasteiger partial charge >= 0.3 is 0 Å². The average molecular weight is 1020 g/mol. The van der Waals surface area contributed by atoms with Crippen LogP contribution in [0.15, 0.2) is 9.98 Å². The van der Waals surface area contributed by atoms with Crippen molar-refractivity contribution in [3.05, 3.63) is 0 Å². The van der Waals surface area contributed by atoms with Crippen LogP contribution in [0.2, 0.25) is 0 Å². The summed E-state index contributed by atoms with van der Waals surface area (Å²) in [5.74, 6) is 3.02. The first-order valence-electron chi connectivity index (χ1n) is 26.2. The normalized spacial score (nSPS) is 10.9. The number of amidine groups is 2. The molecule has 0 aliphatic carbocycles. The summed E-state index contributed by atoms with van der Waals surface area (Å²) in [5, 5.41) is 26.3. The molecule has 0 fully saturated rings. The van der Waals surface area contributed by atoms with Crippen molar-refractivity contribution < 1.29 is 38.1 Å². The molecule has 4 amide bonds. The predicted molar refractivity (Wildman–Crippen MR) is 296 cm³/mol. The van der Waals surface area contributed by atoms with Gasteiger partial charge in [-0.25, -0.2) is 9.98 Å². The van der Waals surface area contributed by atoms with Crippen molar-refractivity contribution in [3.8, 4) is 0 Å². The van der Waals surface area contributed by atoms with Gasteiger partial charge in [0.2, 0.25) is 23.6 Å². The third kappa shape index (κ3) is 69.7. The summed E-state index contributed by atoms with van der Waals surface area (Å²) < 4.78 is 19.0. The number of nitrogens with two attached hydrogens (primary N) is 2. The zero-order chi connectivity index (χ0) is 53.8. The number of nitrogens with zero attached hydrogens (tertiary/aromatic N) is 2. The van der Waals surface area contributed by atoms with Crippen molar-refractivity contribution in [3.63, 3.8) is 0 Å². The van der Waals surface area contributed by atoms with Crippen LogP contribution in [0.4, 0.5) is 0 Å². The van der Waals surface area contributed by atoms with Gasteiger partial charge in [0, 0.05) is 77.8 Å². The zero-order valence-electron chi connectivity index (χ0n) is 46.4. The lowest BCUT2D eigenvalue weighted by Gasteiger charge is -2.07. The Morgan fingerprint density at radius 2 is 0.620 bits per heavy atom. The van der Waals surface area contributed by atoms with E-state index < -0.39 is 0 Å². The number of rotatable bonds is 36. The quantitative estimate of drug-likeness (QED) is 0.0167. The molecule has 420 valence electrons. The summed E-state index contributed by atoms with van der Waals surface area (Å²) in [6.07, 6.45) is 20.8. The number of amides is 4. The lowest BCUT2D eigenvalue weighted by atomic mass is 10.1. The largest absolute Gasteiger partial charge is 0.484 e. The molecule has 18 heteroatoms. The molecule has 0 aromatic heterocycles. The van der Waals surface area contributed by atoms with E-state index in [1.165, 1.54) is 27.8 Å². The van der Waals surface area contributed by atoms with Crippen molar-refractivity contribution in [2.75, 3.05) is 67.7 Å². The van der Waals surface area contributed by atoms with Crippen LogP contribution in [0.3, 0.4) is 0 Å². The van der Waals surface area contributed by atoms with E-state index in [4.69, 9.17) is 41.2 Å². The van der Waals surface area contributed by atoms with Gasteiger partial charge in [0.25, 0.3) is 12.0 Å². The van der Waals surface area contributed by atoms with Gasteiger partial charge in [-0.2, -0.15) is 0 Å². The molecule has 0 bridgehead atoms. The summed E-state index contributed by atoms with van der Waals surface area (Å²) in [5.41, 5.74) is 10.8. The van der Waals surface area contributed by atoms with Crippen LogP contribution < -0.4 is 32.7 Å². The molecule has 0 saturated carbocycles. The molecule has 10 N–H and O–H groups in total. The second-order valence-corrected chi connectivity index (χ2v) is 19.1. The predicted octanol–water partition coefficient (Wildman–Crippen LogP) is 9.42. The monoisotopic (exact) mass is 1010 g/mol. The number of unbranched alkanes of at least 4 members (excludes halogenated alkanes) is 12. The zero-order valence-corrected chi connectivity index (χ0v) is 46.4. The van der Waals surface area contributed by atoms with Crippen molar-refractivity contribution in [1.29, 1.82) is 10.8 Å². The summed E-state index contributed by atoms with van der Waals surface area (Å²) in [6.45, 7) is 20.8. The average Bonchev–Trinajstić information content (AvgIpc) is 3.29. The third-order valence-electron chi connectivity index (χ3n) is 9.94. The third-order valence-corrected chi connectivity index (χ3v) is 9.94. The molecule has 0 heterocycles. The molecule has 0 spiro atoms. The maximum atomic E-state index is 11.4. The van der Waals surface area contributed by atoms with Gasteiger partial charge in [0.15, 0.2) is 11.8 Å². The first-order chi connectivity index (χ1) is 33.2. The van der Waals surface area contributed by atoms with Gasteiger partial charge in [-0.15, -0.1) is 0 Å². The summed E-state index contributed by atoms with van der Waals surface area (Å²) in [6, 6.07) is 0.489. The summed E-state index contributed by atoms with van der Waals surface area (Å²) in [7, 11) is 6.09.